The molecule has 4 heterocycles. The second kappa shape index (κ2) is 6.39. The second-order valence-electron chi connectivity index (χ2n) is 6.67. The first-order valence-electron chi connectivity index (χ1n) is 9.02. The van der Waals surface area contributed by atoms with Gasteiger partial charge in [0.2, 0.25) is 0 Å². The minimum Gasteiger partial charge on any atom is -0.464 e. The molecule has 6 heteroatoms. The molecule has 0 aliphatic carbocycles. The molecule has 1 N–H and O–H groups in total. The molecule has 4 aromatic rings. The Morgan fingerprint density at radius 2 is 1.78 bits per heavy atom. The largest absolute Gasteiger partial charge is 0.464 e. The number of amides is 1. The predicted octanol–water partition coefficient (Wildman–Crippen LogP) is 3.98. The Kier molecular flexibility index (Phi) is 3.74. The molecule has 0 spiro atoms. The lowest BCUT2D eigenvalue weighted by Gasteiger charge is -2.34. The summed E-state index contributed by atoms with van der Waals surface area (Å²) in [7, 11) is 0. The minimum absolute atomic E-state index is 0.0580. The third kappa shape index (κ3) is 2.79. The SMILES string of the molecule is O=C(c1ccc2[nH]cc(-c3ccco3)c2c1)N1CCN(c2ccco2)CC1. The Bertz CT molecular complexity index is 1060. The van der Waals surface area contributed by atoms with E-state index in [2.05, 4.69) is 9.88 Å². The zero-order chi connectivity index (χ0) is 18.2. The van der Waals surface area contributed by atoms with E-state index in [-0.39, 0.29) is 5.91 Å². The summed E-state index contributed by atoms with van der Waals surface area (Å²) in [4.78, 5) is 20.3. The molecule has 1 fully saturated rings. The molecular weight excluding hydrogens is 342 g/mol. The molecule has 0 unspecified atom stereocenters. The number of aromatic nitrogens is 1. The molecule has 0 saturated carbocycles. The second-order valence-corrected chi connectivity index (χ2v) is 6.67. The summed E-state index contributed by atoms with van der Waals surface area (Å²) in [5.41, 5.74) is 2.65. The number of nitrogens with one attached hydrogen (secondary N) is 1. The molecule has 1 amide bonds. The van der Waals surface area contributed by atoms with E-state index in [9.17, 15) is 4.79 Å². The number of carbonyl (C=O) groups is 1. The molecule has 1 aliphatic heterocycles. The Morgan fingerprint density at radius 1 is 0.963 bits per heavy atom. The lowest BCUT2D eigenvalue weighted by atomic mass is 10.1. The van der Waals surface area contributed by atoms with Gasteiger partial charge in [-0.3, -0.25) is 4.79 Å². The molecule has 1 aliphatic rings. The van der Waals surface area contributed by atoms with Gasteiger partial charge in [0, 0.05) is 60.5 Å². The highest BCUT2D eigenvalue weighted by Crippen LogP contribution is 2.30. The molecule has 0 bridgehead atoms. The maximum absolute atomic E-state index is 13.0. The average Bonchev–Trinajstić information content (AvgIpc) is 3.48. The molecule has 3 aromatic heterocycles. The number of rotatable bonds is 3. The van der Waals surface area contributed by atoms with Crippen LogP contribution in [0.25, 0.3) is 22.2 Å². The van der Waals surface area contributed by atoms with Crippen LogP contribution in [0.3, 0.4) is 0 Å². The first-order chi connectivity index (χ1) is 13.3. The van der Waals surface area contributed by atoms with Crippen LogP contribution in [0.1, 0.15) is 10.4 Å². The highest BCUT2D eigenvalue weighted by atomic mass is 16.3. The number of aromatic amines is 1. The lowest BCUT2D eigenvalue weighted by molar-refractivity contribution is 0.0745. The molecule has 0 radical (unpaired) electrons. The van der Waals surface area contributed by atoms with E-state index in [4.69, 9.17) is 8.83 Å². The number of carbonyl (C=O) groups excluding carboxylic acids is 1. The fraction of sp³-hybridized carbons (Fsp3) is 0.190. The Morgan fingerprint density at radius 3 is 2.52 bits per heavy atom. The van der Waals surface area contributed by atoms with Crippen LogP contribution in [0.15, 0.2) is 70.0 Å². The normalized spacial score (nSPS) is 14.8. The summed E-state index contributed by atoms with van der Waals surface area (Å²) in [6, 6.07) is 13.4. The van der Waals surface area contributed by atoms with Gasteiger partial charge in [0.05, 0.1) is 12.5 Å². The highest BCUT2D eigenvalue weighted by Gasteiger charge is 2.24. The van der Waals surface area contributed by atoms with Crippen LogP contribution in [-0.4, -0.2) is 42.0 Å². The predicted molar refractivity (Wildman–Crippen MR) is 103 cm³/mol. The number of H-pyrrole nitrogens is 1. The van der Waals surface area contributed by atoms with Crippen LogP contribution >= 0.6 is 0 Å². The van der Waals surface area contributed by atoms with Gasteiger partial charge in [-0.25, -0.2) is 0 Å². The van der Waals surface area contributed by atoms with Crippen molar-refractivity contribution < 1.29 is 13.6 Å². The molecular formula is C21H19N3O3. The maximum atomic E-state index is 13.0. The van der Waals surface area contributed by atoms with Crippen LogP contribution in [-0.2, 0) is 0 Å². The van der Waals surface area contributed by atoms with Crippen molar-refractivity contribution in [2.45, 2.75) is 0 Å². The monoisotopic (exact) mass is 361 g/mol. The van der Waals surface area contributed by atoms with Gasteiger partial charge < -0.3 is 23.6 Å². The van der Waals surface area contributed by atoms with Crippen molar-refractivity contribution in [3.05, 3.63) is 66.8 Å². The van der Waals surface area contributed by atoms with Crippen molar-refractivity contribution in [3.63, 3.8) is 0 Å². The number of fused-ring (bicyclic) bond motifs is 1. The maximum Gasteiger partial charge on any atom is 0.253 e. The van der Waals surface area contributed by atoms with Crippen molar-refractivity contribution in [3.8, 4) is 11.3 Å². The van der Waals surface area contributed by atoms with Crippen molar-refractivity contribution in [2.75, 3.05) is 31.1 Å². The number of hydrogen-bond donors (Lipinski definition) is 1. The van der Waals surface area contributed by atoms with Gasteiger partial charge in [0.25, 0.3) is 5.91 Å². The third-order valence-electron chi connectivity index (χ3n) is 5.10. The molecule has 1 saturated heterocycles. The minimum atomic E-state index is 0.0580. The number of benzene rings is 1. The smallest absolute Gasteiger partial charge is 0.253 e. The quantitative estimate of drug-likeness (QED) is 0.599. The molecule has 136 valence electrons. The Hall–Kier alpha value is -3.41. The van der Waals surface area contributed by atoms with Gasteiger partial charge in [0.1, 0.15) is 5.76 Å². The fourth-order valence-electron chi connectivity index (χ4n) is 3.65. The van der Waals surface area contributed by atoms with E-state index < -0.39 is 0 Å². The van der Waals surface area contributed by atoms with E-state index in [1.165, 1.54) is 0 Å². The first kappa shape index (κ1) is 15.8. The van der Waals surface area contributed by atoms with E-state index >= 15 is 0 Å². The van der Waals surface area contributed by atoms with Gasteiger partial charge in [0.15, 0.2) is 5.88 Å². The van der Waals surface area contributed by atoms with Gasteiger partial charge >= 0.3 is 0 Å². The standard InChI is InChI=1S/C21H19N3O3/c25-21(24-9-7-23(8-10-24)20-4-2-12-27-20)15-5-6-18-16(13-15)17(14-22-18)19-3-1-11-26-19/h1-6,11-14,22H,7-10H2. The molecule has 5 rings (SSSR count). The van der Waals surface area contributed by atoms with E-state index in [0.29, 0.717) is 18.7 Å². The average molecular weight is 361 g/mol. The molecule has 0 atom stereocenters. The molecule has 1 aromatic carbocycles. The van der Waals surface area contributed by atoms with E-state index in [1.807, 2.05) is 53.6 Å². The van der Waals surface area contributed by atoms with Crippen LogP contribution < -0.4 is 4.90 Å². The van der Waals surface area contributed by atoms with E-state index in [1.54, 1.807) is 12.5 Å². The summed E-state index contributed by atoms with van der Waals surface area (Å²) in [6.07, 6.45) is 5.25. The summed E-state index contributed by atoms with van der Waals surface area (Å²) >= 11 is 0. The van der Waals surface area contributed by atoms with Crippen molar-refractivity contribution >= 4 is 22.7 Å². The fourth-order valence-corrected chi connectivity index (χ4v) is 3.65. The lowest BCUT2D eigenvalue weighted by Crippen LogP contribution is -2.48. The summed E-state index contributed by atoms with van der Waals surface area (Å²) in [5.74, 6) is 1.71. The van der Waals surface area contributed by atoms with Crippen LogP contribution in [0.4, 0.5) is 5.88 Å². The van der Waals surface area contributed by atoms with Gasteiger partial charge in [-0.05, 0) is 36.4 Å². The van der Waals surface area contributed by atoms with Crippen molar-refractivity contribution in [1.29, 1.82) is 0 Å². The highest BCUT2D eigenvalue weighted by molar-refractivity contribution is 6.02. The number of anilines is 1. The summed E-state index contributed by atoms with van der Waals surface area (Å²) in [5, 5.41) is 0.991. The van der Waals surface area contributed by atoms with Crippen LogP contribution in [0.2, 0.25) is 0 Å². The Balaban J connectivity index is 1.37. The summed E-state index contributed by atoms with van der Waals surface area (Å²) < 4.78 is 11.0. The number of nitrogens with zero attached hydrogens (tertiary/aromatic N) is 2. The van der Waals surface area contributed by atoms with Gasteiger partial charge in [-0.1, -0.05) is 0 Å². The topological polar surface area (TPSA) is 65.6 Å². The number of furan rings is 2. The summed E-state index contributed by atoms with van der Waals surface area (Å²) in [6.45, 7) is 2.89. The zero-order valence-electron chi connectivity index (χ0n) is 14.7. The number of piperazine rings is 1. The van der Waals surface area contributed by atoms with Crippen molar-refractivity contribution in [2.24, 2.45) is 0 Å². The molecule has 6 nitrogen and oxygen atoms in total. The molecule has 27 heavy (non-hydrogen) atoms. The Labute approximate surface area is 156 Å². The number of hydrogen-bond acceptors (Lipinski definition) is 4. The van der Waals surface area contributed by atoms with Crippen LogP contribution in [0.5, 0.6) is 0 Å². The first-order valence-corrected chi connectivity index (χ1v) is 9.02. The van der Waals surface area contributed by atoms with Crippen LogP contribution in [0, 0.1) is 0 Å². The van der Waals surface area contributed by atoms with E-state index in [0.717, 1.165) is 41.2 Å². The zero-order valence-corrected chi connectivity index (χ0v) is 14.7. The van der Waals surface area contributed by atoms with Crippen molar-refractivity contribution in [1.82, 2.24) is 9.88 Å². The van der Waals surface area contributed by atoms with Gasteiger partial charge in [-0.2, -0.15) is 0 Å². The third-order valence-corrected chi connectivity index (χ3v) is 5.10. The van der Waals surface area contributed by atoms with Gasteiger partial charge in [-0.15, -0.1) is 0 Å².